The van der Waals surface area contributed by atoms with Crippen LogP contribution in [0, 0.1) is 0 Å². The van der Waals surface area contributed by atoms with E-state index in [9.17, 15) is 4.79 Å². The number of hydrogen-bond acceptors (Lipinski definition) is 6. The number of esters is 1. The molecule has 0 amide bonds. The van der Waals surface area contributed by atoms with Crippen LogP contribution in [0.2, 0.25) is 0 Å². The van der Waals surface area contributed by atoms with E-state index in [2.05, 4.69) is 35.5 Å². The molecule has 5 nitrogen and oxygen atoms in total. The highest BCUT2D eigenvalue weighted by Crippen LogP contribution is 2.24. The van der Waals surface area contributed by atoms with Crippen LogP contribution >= 0.6 is 11.3 Å². The summed E-state index contributed by atoms with van der Waals surface area (Å²) in [4.78, 5) is 20.0. The Morgan fingerprint density at radius 2 is 2.05 bits per heavy atom. The third-order valence-corrected chi connectivity index (χ3v) is 3.60. The van der Waals surface area contributed by atoms with E-state index in [0.29, 0.717) is 12.5 Å². The molecule has 0 spiro atoms. The van der Waals surface area contributed by atoms with Crippen LogP contribution in [-0.4, -0.2) is 23.0 Å². The number of thiazole rings is 1. The molecule has 0 bridgehead atoms. The van der Waals surface area contributed by atoms with Crippen LogP contribution < -0.4 is 4.74 Å². The molecule has 0 aliphatic rings. The Kier molecular flexibility index (Phi) is 4.57. The van der Waals surface area contributed by atoms with E-state index < -0.39 is 5.97 Å². The van der Waals surface area contributed by atoms with Gasteiger partial charge in [-0.3, -0.25) is 0 Å². The van der Waals surface area contributed by atoms with E-state index in [4.69, 9.17) is 4.74 Å². The van der Waals surface area contributed by atoms with Gasteiger partial charge in [0.15, 0.2) is 5.69 Å². The van der Waals surface area contributed by atoms with Crippen molar-refractivity contribution in [2.24, 2.45) is 0 Å². The Labute approximate surface area is 128 Å². The molecule has 2 heterocycles. The standard InChI is InChI=1S/C15H18N2O3S/c1-15(2,3)11-9-21-13(17-11)8-20-12-7-5-6-10(16-12)14(18)19-4/h5-7,9H,8H2,1-4H3. The highest BCUT2D eigenvalue weighted by Gasteiger charge is 2.17. The van der Waals surface area contributed by atoms with Crippen molar-refractivity contribution in [3.8, 4) is 5.88 Å². The molecule has 0 aromatic carbocycles. The molecule has 21 heavy (non-hydrogen) atoms. The zero-order valence-electron chi connectivity index (χ0n) is 12.5. The molecule has 2 aromatic rings. The first kappa shape index (κ1) is 15.4. The van der Waals surface area contributed by atoms with Gasteiger partial charge in [-0.15, -0.1) is 11.3 Å². The number of aromatic nitrogens is 2. The predicted octanol–water partition coefficient (Wildman–Crippen LogP) is 3.20. The fraction of sp³-hybridized carbons (Fsp3) is 0.400. The van der Waals surface area contributed by atoms with Gasteiger partial charge in [0.05, 0.1) is 12.8 Å². The van der Waals surface area contributed by atoms with Crippen molar-refractivity contribution in [2.75, 3.05) is 7.11 Å². The Balaban J connectivity index is 2.03. The molecule has 0 saturated heterocycles. The van der Waals surface area contributed by atoms with Gasteiger partial charge in [0.2, 0.25) is 5.88 Å². The number of nitrogens with zero attached hydrogens (tertiary/aromatic N) is 2. The molecule has 0 aliphatic heterocycles. The summed E-state index contributed by atoms with van der Waals surface area (Å²) in [6, 6.07) is 4.99. The molecule has 0 unspecified atom stereocenters. The molecule has 0 atom stereocenters. The summed E-state index contributed by atoms with van der Waals surface area (Å²) in [5.74, 6) is -0.102. The Morgan fingerprint density at radius 3 is 2.67 bits per heavy atom. The summed E-state index contributed by atoms with van der Waals surface area (Å²) in [5.41, 5.74) is 1.30. The Bertz CT molecular complexity index is 632. The van der Waals surface area contributed by atoms with Crippen molar-refractivity contribution in [1.82, 2.24) is 9.97 Å². The Morgan fingerprint density at radius 1 is 1.29 bits per heavy atom. The van der Waals surface area contributed by atoms with Gasteiger partial charge in [-0.1, -0.05) is 26.8 Å². The van der Waals surface area contributed by atoms with Gasteiger partial charge in [-0.25, -0.2) is 14.8 Å². The van der Waals surface area contributed by atoms with E-state index in [-0.39, 0.29) is 11.1 Å². The number of methoxy groups -OCH3 is 1. The second kappa shape index (κ2) is 6.22. The molecule has 6 heteroatoms. The monoisotopic (exact) mass is 306 g/mol. The molecule has 0 radical (unpaired) electrons. The highest BCUT2D eigenvalue weighted by molar-refractivity contribution is 7.09. The average Bonchev–Trinajstić information content (AvgIpc) is 2.93. The van der Waals surface area contributed by atoms with Crippen LogP contribution in [0.1, 0.15) is 42.0 Å². The maximum Gasteiger partial charge on any atom is 0.356 e. The minimum Gasteiger partial charge on any atom is -0.470 e. The minimum atomic E-state index is -0.482. The average molecular weight is 306 g/mol. The largest absolute Gasteiger partial charge is 0.470 e. The second-order valence-corrected chi connectivity index (χ2v) is 6.46. The van der Waals surface area contributed by atoms with E-state index in [1.165, 1.54) is 7.11 Å². The first-order chi connectivity index (χ1) is 9.90. The number of hydrogen-bond donors (Lipinski definition) is 0. The van der Waals surface area contributed by atoms with Gasteiger partial charge in [-0.2, -0.15) is 0 Å². The SMILES string of the molecule is COC(=O)c1cccc(OCc2nc(C(C)(C)C)cs2)n1. The normalized spacial score (nSPS) is 11.2. The molecule has 0 N–H and O–H groups in total. The Hall–Kier alpha value is -1.95. The molecule has 0 aliphatic carbocycles. The van der Waals surface area contributed by atoms with Crippen LogP contribution in [0.4, 0.5) is 0 Å². The van der Waals surface area contributed by atoms with Crippen LogP contribution in [-0.2, 0) is 16.8 Å². The van der Waals surface area contributed by atoms with Crippen molar-refractivity contribution in [3.05, 3.63) is 40.0 Å². The molecule has 2 rings (SSSR count). The van der Waals surface area contributed by atoms with Crippen LogP contribution in [0.5, 0.6) is 5.88 Å². The van der Waals surface area contributed by atoms with Crippen molar-refractivity contribution in [3.63, 3.8) is 0 Å². The fourth-order valence-corrected chi connectivity index (χ4v) is 2.50. The van der Waals surface area contributed by atoms with Crippen LogP contribution in [0.25, 0.3) is 0 Å². The predicted molar refractivity (Wildman–Crippen MR) is 80.7 cm³/mol. The first-order valence-corrected chi connectivity index (χ1v) is 7.41. The zero-order chi connectivity index (χ0) is 15.5. The van der Waals surface area contributed by atoms with Gasteiger partial charge in [0, 0.05) is 16.9 Å². The lowest BCUT2D eigenvalue weighted by Crippen LogP contribution is -2.11. The lowest BCUT2D eigenvalue weighted by Gasteiger charge is -2.14. The number of rotatable bonds is 4. The number of carbonyl (C=O) groups is 1. The maximum absolute atomic E-state index is 11.4. The van der Waals surface area contributed by atoms with Crippen molar-refractivity contribution < 1.29 is 14.3 Å². The van der Waals surface area contributed by atoms with Gasteiger partial charge in [-0.05, 0) is 6.07 Å². The third-order valence-electron chi connectivity index (χ3n) is 2.78. The topological polar surface area (TPSA) is 61.3 Å². The molecular weight excluding hydrogens is 288 g/mol. The molecule has 0 saturated carbocycles. The van der Waals surface area contributed by atoms with Crippen molar-refractivity contribution >= 4 is 17.3 Å². The first-order valence-electron chi connectivity index (χ1n) is 6.53. The lowest BCUT2D eigenvalue weighted by atomic mass is 9.93. The summed E-state index contributed by atoms with van der Waals surface area (Å²) < 4.78 is 10.2. The molecule has 2 aromatic heterocycles. The summed E-state index contributed by atoms with van der Waals surface area (Å²) in [7, 11) is 1.32. The summed E-state index contributed by atoms with van der Waals surface area (Å²) in [6.07, 6.45) is 0. The third kappa shape index (κ3) is 4.01. The van der Waals surface area contributed by atoms with Crippen molar-refractivity contribution in [2.45, 2.75) is 32.8 Å². The van der Waals surface area contributed by atoms with Crippen LogP contribution in [0.3, 0.4) is 0 Å². The summed E-state index contributed by atoms with van der Waals surface area (Å²) >= 11 is 1.56. The quantitative estimate of drug-likeness (QED) is 0.812. The lowest BCUT2D eigenvalue weighted by molar-refractivity contribution is 0.0592. The fourth-order valence-electron chi connectivity index (χ4n) is 1.57. The van der Waals surface area contributed by atoms with Crippen molar-refractivity contribution in [1.29, 1.82) is 0 Å². The maximum atomic E-state index is 11.4. The van der Waals surface area contributed by atoms with E-state index >= 15 is 0 Å². The molecular formula is C15H18N2O3S. The molecule has 0 fully saturated rings. The van der Waals surface area contributed by atoms with Gasteiger partial charge in [0.25, 0.3) is 0 Å². The number of carbonyl (C=O) groups excluding carboxylic acids is 1. The number of pyridine rings is 1. The van der Waals surface area contributed by atoms with Gasteiger partial charge >= 0.3 is 5.97 Å². The van der Waals surface area contributed by atoms with E-state index in [0.717, 1.165) is 10.7 Å². The molecule has 112 valence electrons. The minimum absolute atomic E-state index is 0.0256. The van der Waals surface area contributed by atoms with E-state index in [1.807, 2.05) is 5.38 Å². The van der Waals surface area contributed by atoms with Gasteiger partial charge < -0.3 is 9.47 Å². The van der Waals surface area contributed by atoms with E-state index in [1.54, 1.807) is 29.5 Å². The smallest absolute Gasteiger partial charge is 0.356 e. The van der Waals surface area contributed by atoms with Gasteiger partial charge in [0.1, 0.15) is 11.6 Å². The summed E-state index contributed by atoms with van der Waals surface area (Å²) in [6.45, 7) is 6.69. The highest BCUT2D eigenvalue weighted by atomic mass is 32.1. The summed E-state index contributed by atoms with van der Waals surface area (Å²) in [5, 5.41) is 2.92. The van der Waals surface area contributed by atoms with Crippen LogP contribution in [0.15, 0.2) is 23.6 Å². The zero-order valence-corrected chi connectivity index (χ0v) is 13.4. The second-order valence-electron chi connectivity index (χ2n) is 5.52. The number of ether oxygens (including phenoxy) is 2.